The number of rotatable bonds is 7. The van der Waals surface area contributed by atoms with Gasteiger partial charge in [-0.2, -0.15) is 4.31 Å². The van der Waals surface area contributed by atoms with Crippen molar-refractivity contribution in [1.29, 1.82) is 0 Å². The number of aryl methyl sites for hydroxylation is 1. The molecule has 5 nitrogen and oxygen atoms in total. The van der Waals surface area contributed by atoms with Gasteiger partial charge in [-0.3, -0.25) is 4.79 Å². The quantitative estimate of drug-likeness (QED) is 0.693. The first-order valence-electron chi connectivity index (χ1n) is 9.89. The van der Waals surface area contributed by atoms with E-state index in [4.69, 9.17) is 0 Å². The van der Waals surface area contributed by atoms with Crippen LogP contribution in [0.3, 0.4) is 0 Å². The van der Waals surface area contributed by atoms with Gasteiger partial charge < -0.3 is 5.32 Å². The van der Waals surface area contributed by atoms with E-state index in [0.29, 0.717) is 25.8 Å². The lowest BCUT2D eigenvalue weighted by Crippen LogP contribution is -2.38. The van der Waals surface area contributed by atoms with E-state index in [9.17, 15) is 17.6 Å². The maximum atomic E-state index is 13.5. The van der Waals surface area contributed by atoms with E-state index >= 15 is 0 Å². The summed E-state index contributed by atoms with van der Waals surface area (Å²) >= 11 is 0. The maximum absolute atomic E-state index is 13.5. The molecule has 1 heterocycles. The van der Waals surface area contributed by atoms with Crippen LogP contribution < -0.4 is 5.32 Å². The van der Waals surface area contributed by atoms with Gasteiger partial charge in [0.1, 0.15) is 5.82 Å². The fraction of sp³-hybridized carbons (Fsp3) is 0.409. The molecule has 1 amide bonds. The molecular formula is C22H27FN2O3S. The molecule has 2 aromatic rings. The Bertz CT molecular complexity index is 943. The van der Waals surface area contributed by atoms with E-state index in [1.54, 1.807) is 40.7 Å². The molecule has 0 aliphatic carbocycles. The van der Waals surface area contributed by atoms with Gasteiger partial charge in [0.15, 0.2) is 0 Å². The summed E-state index contributed by atoms with van der Waals surface area (Å²) in [6.07, 6.45) is 2.76. The number of sulfonamides is 1. The second kappa shape index (κ2) is 9.05. The second-order valence-electron chi connectivity index (χ2n) is 7.57. The van der Waals surface area contributed by atoms with Crippen molar-refractivity contribution in [2.24, 2.45) is 0 Å². The first-order valence-corrected chi connectivity index (χ1v) is 11.3. The summed E-state index contributed by atoms with van der Waals surface area (Å²) in [6, 6.07) is 12.4. The zero-order valence-electron chi connectivity index (χ0n) is 16.8. The molecule has 2 aromatic carbocycles. The molecule has 2 atom stereocenters. The first-order chi connectivity index (χ1) is 13.8. The minimum Gasteiger partial charge on any atom is -0.356 e. The Morgan fingerprint density at radius 1 is 1.10 bits per heavy atom. The van der Waals surface area contributed by atoms with E-state index in [-0.39, 0.29) is 28.7 Å². The number of carbonyl (C=O) groups is 1. The van der Waals surface area contributed by atoms with Gasteiger partial charge in [-0.15, -0.1) is 0 Å². The summed E-state index contributed by atoms with van der Waals surface area (Å²) in [5, 5.41) is 2.76. The van der Waals surface area contributed by atoms with Crippen LogP contribution in [-0.4, -0.2) is 31.2 Å². The molecule has 0 saturated carbocycles. The Kier molecular flexibility index (Phi) is 6.70. The molecule has 1 fully saturated rings. The predicted molar refractivity (Wildman–Crippen MR) is 110 cm³/mol. The minimum absolute atomic E-state index is 0.0928. The highest BCUT2D eigenvalue weighted by molar-refractivity contribution is 7.89. The van der Waals surface area contributed by atoms with Gasteiger partial charge in [0.25, 0.3) is 0 Å². The third-order valence-corrected chi connectivity index (χ3v) is 7.36. The third-order valence-electron chi connectivity index (χ3n) is 5.38. The van der Waals surface area contributed by atoms with Gasteiger partial charge in [0.05, 0.1) is 10.9 Å². The summed E-state index contributed by atoms with van der Waals surface area (Å²) in [4.78, 5) is 11.4. The van der Waals surface area contributed by atoms with Crippen molar-refractivity contribution >= 4 is 15.9 Å². The monoisotopic (exact) mass is 418 g/mol. The third kappa shape index (κ3) is 5.03. The molecule has 0 spiro atoms. The Balaban J connectivity index is 1.89. The SMILES string of the molecule is CC(=O)NCCC[C@@H]1CC[C@H](c2ccc(F)cc2)N1S(=O)(=O)c1ccc(C)cc1. The van der Waals surface area contributed by atoms with Crippen molar-refractivity contribution in [3.63, 3.8) is 0 Å². The molecule has 0 aromatic heterocycles. The Morgan fingerprint density at radius 3 is 2.38 bits per heavy atom. The number of halogens is 1. The maximum Gasteiger partial charge on any atom is 0.243 e. The molecule has 1 saturated heterocycles. The number of hydrogen-bond donors (Lipinski definition) is 1. The average molecular weight is 419 g/mol. The van der Waals surface area contributed by atoms with Crippen LogP contribution in [0, 0.1) is 12.7 Å². The Labute approximate surface area is 172 Å². The number of hydrogen-bond acceptors (Lipinski definition) is 3. The van der Waals surface area contributed by atoms with Gasteiger partial charge in [-0.05, 0) is 62.4 Å². The smallest absolute Gasteiger partial charge is 0.243 e. The largest absolute Gasteiger partial charge is 0.356 e. The summed E-state index contributed by atoms with van der Waals surface area (Å²) in [5.74, 6) is -0.434. The van der Waals surface area contributed by atoms with E-state index in [0.717, 1.165) is 17.5 Å². The van der Waals surface area contributed by atoms with Crippen LogP contribution in [0.4, 0.5) is 4.39 Å². The van der Waals surface area contributed by atoms with Crippen LogP contribution in [0.5, 0.6) is 0 Å². The van der Waals surface area contributed by atoms with Crippen LogP contribution in [0.1, 0.15) is 49.8 Å². The number of carbonyl (C=O) groups excluding carboxylic acids is 1. The highest BCUT2D eigenvalue weighted by Crippen LogP contribution is 2.42. The molecule has 1 aliphatic rings. The highest BCUT2D eigenvalue weighted by atomic mass is 32.2. The van der Waals surface area contributed by atoms with Crippen molar-refractivity contribution in [3.8, 4) is 0 Å². The highest BCUT2D eigenvalue weighted by Gasteiger charge is 2.42. The number of nitrogens with one attached hydrogen (secondary N) is 1. The van der Waals surface area contributed by atoms with Crippen LogP contribution in [0.2, 0.25) is 0 Å². The fourth-order valence-corrected chi connectivity index (χ4v) is 5.82. The standard InChI is InChI=1S/C22H27FN2O3S/c1-16-5-12-21(13-6-16)29(27,28)25-20(4-3-15-24-17(2)26)11-14-22(25)18-7-9-19(23)10-8-18/h5-10,12-13,20,22H,3-4,11,14-15H2,1-2H3,(H,24,26)/t20-,22-/m1/s1. The molecule has 0 unspecified atom stereocenters. The summed E-state index contributed by atoms with van der Waals surface area (Å²) in [5.41, 5.74) is 1.79. The normalized spacial score (nSPS) is 20.0. The zero-order chi connectivity index (χ0) is 21.0. The second-order valence-corrected chi connectivity index (χ2v) is 9.41. The molecule has 3 rings (SSSR count). The fourth-order valence-electron chi connectivity index (χ4n) is 3.93. The van der Waals surface area contributed by atoms with Crippen molar-refractivity contribution in [3.05, 3.63) is 65.5 Å². The van der Waals surface area contributed by atoms with Crippen LogP contribution in [0.15, 0.2) is 53.4 Å². The summed E-state index contributed by atoms with van der Waals surface area (Å²) in [6.45, 7) is 3.90. The molecule has 7 heteroatoms. The van der Waals surface area contributed by atoms with Gasteiger partial charge in [-0.25, -0.2) is 12.8 Å². The Morgan fingerprint density at radius 2 is 1.76 bits per heavy atom. The van der Waals surface area contributed by atoms with E-state index in [1.807, 2.05) is 6.92 Å². The number of benzene rings is 2. The van der Waals surface area contributed by atoms with E-state index in [1.165, 1.54) is 19.1 Å². The first kappa shape index (κ1) is 21.5. The molecular weight excluding hydrogens is 391 g/mol. The number of nitrogens with zero attached hydrogens (tertiary/aromatic N) is 1. The predicted octanol–water partition coefficient (Wildman–Crippen LogP) is 3.94. The Hall–Kier alpha value is -2.25. The number of amides is 1. The zero-order valence-corrected chi connectivity index (χ0v) is 17.6. The molecule has 1 aliphatic heterocycles. The molecule has 156 valence electrons. The molecule has 0 radical (unpaired) electrons. The minimum atomic E-state index is -3.71. The lowest BCUT2D eigenvalue weighted by molar-refractivity contribution is -0.118. The molecule has 1 N–H and O–H groups in total. The van der Waals surface area contributed by atoms with Crippen molar-refractivity contribution < 1.29 is 17.6 Å². The van der Waals surface area contributed by atoms with Crippen molar-refractivity contribution in [2.75, 3.05) is 6.54 Å². The molecule has 0 bridgehead atoms. The lowest BCUT2D eigenvalue weighted by atomic mass is 10.0. The lowest BCUT2D eigenvalue weighted by Gasteiger charge is -2.30. The average Bonchev–Trinajstić information content (AvgIpc) is 3.11. The van der Waals surface area contributed by atoms with Crippen LogP contribution in [0.25, 0.3) is 0 Å². The summed E-state index contributed by atoms with van der Waals surface area (Å²) < 4.78 is 42.0. The topological polar surface area (TPSA) is 66.5 Å². The van der Waals surface area contributed by atoms with Gasteiger partial charge in [0.2, 0.25) is 15.9 Å². The van der Waals surface area contributed by atoms with Gasteiger partial charge in [0, 0.05) is 19.5 Å². The summed E-state index contributed by atoms with van der Waals surface area (Å²) in [7, 11) is -3.71. The van der Waals surface area contributed by atoms with E-state index < -0.39 is 10.0 Å². The van der Waals surface area contributed by atoms with Gasteiger partial charge >= 0.3 is 0 Å². The van der Waals surface area contributed by atoms with Crippen molar-refractivity contribution in [2.45, 2.75) is 56.5 Å². The van der Waals surface area contributed by atoms with Crippen molar-refractivity contribution in [1.82, 2.24) is 9.62 Å². The van der Waals surface area contributed by atoms with E-state index in [2.05, 4.69) is 5.32 Å². The molecule has 29 heavy (non-hydrogen) atoms. The van der Waals surface area contributed by atoms with Crippen LogP contribution in [-0.2, 0) is 14.8 Å². The van der Waals surface area contributed by atoms with Crippen LogP contribution >= 0.6 is 0 Å². The van der Waals surface area contributed by atoms with Gasteiger partial charge in [-0.1, -0.05) is 29.8 Å².